The molecule has 2 aliphatic rings. The number of esters is 1. The van der Waals surface area contributed by atoms with E-state index >= 15 is 0 Å². The zero-order chi connectivity index (χ0) is 23.5. The van der Waals surface area contributed by atoms with E-state index in [0.717, 1.165) is 17.8 Å². The van der Waals surface area contributed by atoms with Crippen molar-refractivity contribution in [2.75, 3.05) is 6.61 Å². The first-order valence-corrected chi connectivity index (χ1v) is 10.4. The topological polar surface area (TPSA) is 148 Å². The number of amidine groups is 2. The van der Waals surface area contributed by atoms with Crippen molar-refractivity contribution in [1.29, 1.82) is 5.41 Å². The third kappa shape index (κ3) is 4.50. The van der Waals surface area contributed by atoms with Crippen LogP contribution >= 0.6 is 11.8 Å². The van der Waals surface area contributed by atoms with E-state index in [-0.39, 0.29) is 40.8 Å². The van der Waals surface area contributed by atoms with Crippen LogP contribution in [-0.4, -0.2) is 45.0 Å². The Morgan fingerprint density at radius 1 is 1.27 bits per heavy atom. The molecule has 0 saturated heterocycles. The molecule has 12 heteroatoms. The van der Waals surface area contributed by atoms with E-state index in [1.54, 1.807) is 19.1 Å². The van der Waals surface area contributed by atoms with Crippen LogP contribution in [0.25, 0.3) is 6.08 Å². The lowest BCUT2D eigenvalue weighted by atomic mass is 10.1. The summed E-state index contributed by atoms with van der Waals surface area (Å²) in [4.78, 5) is 39.2. The SMILES string of the molecule is CCOc1cc(/C=C2\C(=N)N3N=CSC3=NC2=O)ccc1OC(=O)c1cccc([N+](=O)[O-])c1. The number of non-ortho nitro benzene ring substituents is 1. The van der Waals surface area contributed by atoms with Crippen molar-refractivity contribution in [3.63, 3.8) is 0 Å². The number of nitro groups is 1. The fourth-order valence-electron chi connectivity index (χ4n) is 2.98. The Kier molecular flexibility index (Phi) is 6.00. The van der Waals surface area contributed by atoms with Crippen LogP contribution in [0.2, 0.25) is 0 Å². The number of nitrogens with zero attached hydrogens (tertiary/aromatic N) is 4. The van der Waals surface area contributed by atoms with Crippen LogP contribution in [0.4, 0.5) is 5.69 Å². The lowest BCUT2D eigenvalue weighted by molar-refractivity contribution is -0.384. The third-order valence-corrected chi connectivity index (χ3v) is 5.15. The van der Waals surface area contributed by atoms with Crippen molar-refractivity contribution in [3.8, 4) is 11.5 Å². The van der Waals surface area contributed by atoms with Crippen molar-refractivity contribution in [1.82, 2.24) is 5.01 Å². The highest BCUT2D eigenvalue weighted by Crippen LogP contribution is 2.31. The average molecular weight is 465 g/mol. The van der Waals surface area contributed by atoms with E-state index in [1.807, 2.05) is 0 Å². The molecule has 1 N–H and O–H groups in total. The summed E-state index contributed by atoms with van der Waals surface area (Å²) in [6.45, 7) is 2.01. The molecule has 0 saturated carbocycles. The van der Waals surface area contributed by atoms with Crippen LogP contribution in [-0.2, 0) is 4.79 Å². The van der Waals surface area contributed by atoms with Gasteiger partial charge in [-0.3, -0.25) is 20.3 Å². The van der Waals surface area contributed by atoms with E-state index in [2.05, 4.69) is 10.1 Å². The number of hydrazone groups is 1. The van der Waals surface area contributed by atoms with Crippen molar-refractivity contribution in [2.24, 2.45) is 10.1 Å². The Bertz CT molecular complexity index is 1290. The first-order valence-electron chi connectivity index (χ1n) is 9.53. The van der Waals surface area contributed by atoms with Gasteiger partial charge < -0.3 is 9.47 Å². The van der Waals surface area contributed by atoms with Gasteiger partial charge in [-0.25, -0.2) is 4.79 Å². The molecule has 1 amide bonds. The molecule has 166 valence electrons. The zero-order valence-electron chi connectivity index (χ0n) is 17.0. The maximum absolute atomic E-state index is 12.5. The van der Waals surface area contributed by atoms with Gasteiger partial charge in [-0.15, -0.1) is 0 Å². The molecule has 0 unspecified atom stereocenters. The zero-order valence-corrected chi connectivity index (χ0v) is 17.9. The Hall–Kier alpha value is -4.32. The average Bonchev–Trinajstić information content (AvgIpc) is 3.27. The molecule has 11 nitrogen and oxygen atoms in total. The van der Waals surface area contributed by atoms with Gasteiger partial charge in [-0.05, 0) is 48.5 Å². The molecule has 0 radical (unpaired) electrons. The monoisotopic (exact) mass is 465 g/mol. The second kappa shape index (κ2) is 9.04. The molecule has 2 heterocycles. The fourth-order valence-corrected chi connectivity index (χ4v) is 3.59. The van der Waals surface area contributed by atoms with Crippen LogP contribution in [0.1, 0.15) is 22.8 Å². The number of hydrogen-bond acceptors (Lipinski definition) is 9. The highest BCUT2D eigenvalue weighted by Gasteiger charge is 2.32. The summed E-state index contributed by atoms with van der Waals surface area (Å²) >= 11 is 1.15. The van der Waals surface area contributed by atoms with Crippen LogP contribution in [0, 0.1) is 15.5 Å². The molecule has 4 rings (SSSR count). The molecule has 33 heavy (non-hydrogen) atoms. The largest absolute Gasteiger partial charge is 0.490 e. The van der Waals surface area contributed by atoms with Crippen LogP contribution in [0.15, 0.2) is 58.1 Å². The highest BCUT2D eigenvalue weighted by molar-refractivity contribution is 8.25. The van der Waals surface area contributed by atoms with Crippen LogP contribution < -0.4 is 9.47 Å². The molecule has 0 spiro atoms. The summed E-state index contributed by atoms with van der Waals surface area (Å²) in [5, 5.41) is 24.8. The van der Waals surface area contributed by atoms with Crippen molar-refractivity contribution >= 4 is 52.0 Å². The van der Waals surface area contributed by atoms with E-state index in [4.69, 9.17) is 14.9 Å². The number of nitro benzene ring substituents is 1. The van der Waals surface area contributed by atoms with Crippen molar-refractivity contribution in [2.45, 2.75) is 6.92 Å². The quantitative estimate of drug-likeness (QED) is 0.224. The highest BCUT2D eigenvalue weighted by atomic mass is 32.2. The van der Waals surface area contributed by atoms with E-state index in [0.29, 0.717) is 10.7 Å². The first kappa shape index (κ1) is 21.9. The molecule has 0 fully saturated rings. The maximum Gasteiger partial charge on any atom is 0.343 e. The van der Waals surface area contributed by atoms with Crippen LogP contribution in [0.5, 0.6) is 11.5 Å². The minimum atomic E-state index is -0.791. The number of benzene rings is 2. The number of ether oxygens (including phenoxy) is 2. The smallest absolute Gasteiger partial charge is 0.343 e. The Balaban J connectivity index is 1.61. The number of rotatable bonds is 6. The summed E-state index contributed by atoms with van der Waals surface area (Å²) in [7, 11) is 0. The lowest BCUT2D eigenvalue weighted by Crippen LogP contribution is -2.35. The number of carbonyl (C=O) groups is 2. The summed E-state index contributed by atoms with van der Waals surface area (Å²) in [6.07, 6.45) is 1.47. The molecule has 0 aromatic heterocycles. The minimum absolute atomic E-state index is 0.0109. The Labute approximate surface area is 191 Å². The first-order chi connectivity index (χ1) is 15.9. The van der Waals surface area contributed by atoms with Gasteiger partial charge in [0.25, 0.3) is 11.6 Å². The predicted octanol–water partition coefficient (Wildman–Crippen LogP) is 3.46. The maximum atomic E-state index is 12.5. The summed E-state index contributed by atoms with van der Waals surface area (Å²) < 4.78 is 11.0. The summed E-state index contributed by atoms with van der Waals surface area (Å²) in [6, 6.07) is 9.79. The van der Waals surface area contributed by atoms with Gasteiger partial charge in [0, 0.05) is 12.1 Å². The molecule has 0 atom stereocenters. The normalized spacial score (nSPS) is 16.0. The molecular weight excluding hydrogens is 450 g/mol. The van der Waals surface area contributed by atoms with Crippen molar-refractivity contribution in [3.05, 3.63) is 69.3 Å². The van der Waals surface area contributed by atoms with Gasteiger partial charge in [0.2, 0.25) is 0 Å². The molecule has 0 aliphatic carbocycles. The third-order valence-electron chi connectivity index (χ3n) is 4.47. The van der Waals surface area contributed by atoms with Gasteiger partial charge in [0.05, 0.1) is 28.2 Å². The second-order valence-corrected chi connectivity index (χ2v) is 7.40. The predicted molar refractivity (Wildman–Crippen MR) is 122 cm³/mol. The number of hydrogen-bond donors (Lipinski definition) is 1. The second-order valence-electron chi connectivity index (χ2n) is 6.59. The van der Waals surface area contributed by atoms with Gasteiger partial charge in [-0.1, -0.05) is 12.1 Å². The van der Waals surface area contributed by atoms with E-state index < -0.39 is 16.8 Å². The lowest BCUT2D eigenvalue weighted by Gasteiger charge is -2.20. The fraction of sp³-hybridized carbons (Fsp3) is 0.0952. The number of amides is 1. The molecular formula is C21H15N5O6S. The Morgan fingerprint density at radius 3 is 2.85 bits per heavy atom. The van der Waals surface area contributed by atoms with Crippen LogP contribution in [0.3, 0.4) is 0 Å². The molecule has 2 aromatic rings. The number of thioether (sulfide) groups is 1. The molecule has 0 bridgehead atoms. The molecule has 2 aliphatic heterocycles. The Morgan fingerprint density at radius 2 is 2.09 bits per heavy atom. The number of aliphatic imine (C=N–C) groups is 1. The van der Waals surface area contributed by atoms with Gasteiger partial charge in [0.15, 0.2) is 22.5 Å². The summed E-state index contributed by atoms with van der Waals surface area (Å²) in [5.41, 5.74) is 1.82. The van der Waals surface area contributed by atoms with E-state index in [1.165, 1.54) is 40.9 Å². The summed E-state index contributed by atoms with van der Waals surface area (Å²) in [5.74, 6) is -1.14. The molecule has 2 aromatic carbocycles. The minimum Gasteiger partial charge on any atom is -0.490 e. The van der Waals surface area contributed by atoms with Gasteiger partial charge in [-0.2, -0.15) is 15.1 Å². The van der Waals surface area contributed by atoms with E-state index in [9.17, 15) is 19.7 Å². The van der Waals surface area contributed by atoms with Gasteiger partial charge >= 0.3 is 5.97 Å². The van der Waals surface area contributed by atoms with Crippen molar-refractivity contribution < 1.29 is 24.0 Å². The standard InChI is InChI=1S/C21H15N5O6S/c1-2-31-17-9-12(8-15-18(22)25-21(24-19(15)27)33-11-23-25)6-7-16(17)32-20(28)13-4-3-5-14(10-13)26(29)30/h3-11,22H,2H2,1H3/b15-8+,22-18?. The number of carbonyl (C=O) groups excluding carboxylic acids is 2. The number of nitrogens with one attached hydrogen (secondary N) is 1. The van der Waals surface area contributed by atoms with Gasteiger partial charge in [0.1, 0.15) is 0 Å². The number of fused-ring (bicyclic) bond motifs is 1.